The van der Waals surface area contributed by atoms with Crippen LogP contribution in [0.25, 0.3) is 10.3 Å². The van der Waals surface area contributed by atoms with E-state index in [9.17, 15) is 9.59 Å². The van der Waals surface area contributed by atoms with E-state index in [1.165, 1.54) is 28.7 Å². The van der Waals surface area contributed by atoms with Crippen molar-refractivity contribution in [2.75, 3.05) is 23.3 Å². The third-order valence-corrected chi connectivity index (χ3v) is 6.18. The van der Waals surface area contributed by atoms with Crippen molar-refractivity contribution in [1.82, 2.24) is 14.5 Å². The lowest BCUT2D eigenvalue weighted by atomic mass is 10.0. The molecular formula is C19H20ClN5O2S. The monoisotopic (exact) mass is 417 g/mol. The van der Waals surface area contributed by atoms with Crippen molar-refractivity contribution in [2.45, 2.75) is 26.3 Å². The van der Waals surface area contributed by atoms with Crippen molar-refractivity contribution in [1.29, 1.82) is 0 Å². The number of hydrogen-bond acceptors (Lipinski definition) is 6. The number of benzene rings is 1. The maximum atomic E-state index is 12.8. The molecule has 0 bridgehead atoms. The molecule has 2 aromatic heterocycles. The van der Waals surface area contributed by atoms with Gasteiger partial charge in [0.1, 0.15) is 17.6 Å². The molecule has 1 amide bonds. The fraction of sp³-hybridized carbons (Fsp3) is 0.368. The maximum Gasteiger partial charge on any atom is 0.273 e. The highest BCUT2D eigenvalue weighted by atomic mass is 35.5. The van der Waals surface area contributed by atoms with Crippen LogP contribution in [0.5, 0.6) is 0 Å². The lowest BCUT2D eigenvalue weighted by Gasteiger charge is -2.30. The van der Waals surface area contributed by atoms with Crippen LogP contribution in [-0.2, 0) is 11.3 Å². The Morgan fingerprint density at radius 1 is 1.39 bits per heavy atom. The van der Waals surface area contributed by atoms with Crippen LogP contribution in [0.1, 0.15) is 19.8 Å². The van der Waals surface area contributed by atoms with Gasteiger partial charge in [0.25, 0.3) is 5.56 Å². The van der Waals surface area contributed by atoms with Gasteiger partial charge in [-0.3, -0.25) is 14.2 Å². The van der Waals surface area contributed by atoms with E-state index in [-0.39, 0.29) is 18.0 Å². The minimum Gasteiger partial charge on any atom is -0.348 e. The van der Waals surface area contributed by atoms with E-state index >= 15 is 0 Å². The molecule has 1 fully saturated rings. The molecule has 1 atom stereocenters. The van der Waals surface area contributed by atoms with Crippen LogP contribution >= 0.6 is 22.9 Å². The standard InChI is InChI=1S/C19H20ClN5O2S/c1-12-5-4-8-24(9-12)19-23-17-16(28-19)18(27)25(11-21-17)10-15(26)22-14-7-3-2-6-13(14)20/h2-3,6-7,11-12H,4-5,8-10H2,1H3,(H,22,26)/t12-/m0/s1. The summed E-state index contributed by atoms with van der Waals surface area (Å²) in [4.78, 5) is 36.2. The predicted octanol–water partition coefficient (Wildman–Crippen LogP) is 3.38. The summed E-state index contributed by atoms with van der Waals surface area (Å²) in [6.45, 7) is 3.97. The van der Waals surface area contributed by atoms with Crippen LogP contribution in [0.3, 0.4) is 0 Å². The molecule has 0 spiro atoms. The van der Waals surface area contributed by atoms with Crippen molar-refractivity contribution in [3.05, 3.63) is 46.0 Å². The van der Waals surface area contributed by atoms with Gasteiger partial charge in [-0.05, 0) is 30.9 Å². The number of aromatic nitrogens is 3. The van der Waals surface area contributed by atoms with Crippen LogP contribution in [0.4, 0.5) is 10.8 Å². The van der Waals surface area contributed by atoms with Gasteiger partial charge in [0.2, 0.25) is 5.91 Å². The van der Waals surface area contributed by atoms with Crippen LogP contribution in [0.15, 0.2) is 35.4 Å². The number of rotatable bonds is 4. The highest BCUT2D eigenvalue weighted by Crippen LogP contribution is 2.29. The van der Waals surface area contributed by atoms with E-state index in [0.29, 0.717) is 27.0 Å². The highest BCUT2D eigenvalue weighted by Gasteiger charge is 2.21. The lowest BCUT2D eigenvalue weighted by Crippen LogP contribution is -2.34. The third kappa shape index (κ3) is 3.88. The largest absolute Gasteiger partial charge is 0.348 e. The van der Waals surface area contributed by atoms with E-state index in [1.54, 1.807) is 24.3 Å². The second-order valence-corrected chi connectivity index (χ2v) is 8.43. The molecule has 0 saturated carbocycles. The van der Waals surface area contributed by atoms with Gasteiger partial charge in [-0.2, -0.15) is 4.98 Å². The van der Waals surface area contributed by atoms with Crippen LogP contribution in [0.2, 0.25) is 5.02 Å². The Balaban J connectivity index is 1.55. The Bertz CT molecular complexity index is 1080. The summed E-state index contributed by atoms with van der Waals surface area (Å²) in [5, 5.41) is 3.98. The first-order valence-corrected chi connectivity index (χ1v) is 10.4. The average molecular weight is 418 g/mol. The quantitative estimate of drug-likeness (QED) is 0.703. The zero-order chi connectivity index (χ0) is 19.7. The molecule has 0 aliphatic carbocycles. The van der Waals surface area contributed by atoms with Crippen molar-refractivity contribution in [2.24, 2.45) is 5.92 Å². The number of carbonyl (C=O) groups excluding carboxylic acids is 1. The summed E-state index contributed by atoms with van der Waals surface area (Å²) in [6.07, 6.45) is 3.71. The number of fused-ring (bicyclic) bond motifs is 1. The number of para-hydroxylation sites is 1. The summed E-state index contributed by atoms with van der Waals surface area (Å²) in [7, 11) is 0. The molecule has 28 heavy (non-hydrogen) atoms. The number of piperidine rings is 1. The Morgan fingerprint density at radius 3 is 3.00 bits per heavy atom. The number of nitrogens with zero attached hydrogens (tertiary/aromatic N) is 4. The number of nitrogens with one attached hydrogen (secondary N) is 1. The predicted molar refractivity (Wildman–Crippen MR) is 112 cm³/mol. The third-order valence-electron chi connectivity index (χ3n) is 4.76. The maximum absolute atomic E-state index is 12.8. The Morgan fingerprint density at radius 2 is 2.21 bits per heavy atom. The topological polar surface area (TPSA) is 80.1 Å². The molecule has 7 nitrogen and oxygen atoms in total. The lowest BCUT2D eigenvalue weighted by molar-refractivity contribution is -0.116. The molecule has 1 saturated heterocycles. The molecule has 1 aromatic carbocycles. The first-order valence-electron chi connectivity index (χ1n) is 9.16. The van der Waals surface area contributed by atoms with E-state index < -0.39 is 0 Å². The molecule has 1 aliphatic heterocycles. The number of amides is 1. The van der Waals surface area contributed by atoms with Crippen molar-refractivity contribution in [3.63, 3.8) is 0 Å². The number of halogens is 1. The summed E-state index contributed by atoms with van der Waals surface area (Å²) >= 11 is 7.41. The second kappa shape index (κ2) is 7.89. The van der Waals surface area contributed by atoms with Gasteiger partial charge in [0.15, 0.2) is 10.8 Å². The Kier molecular flexibility index (Phi) is 5.32. The van der Waals surface area contributed by atoms with Gasteiger partial charge in [-0.1, -0.05) is 42.0 Å². The Labute approximate surface area is 171 Å². The minimum atomic E-state index is -0.342. The fourth-order valence-corrected chi connectivity index (χ4v) is 4.54. The fourth-order valence-electron chi connectivity index (χ4n) is 3.35. The van der Waals surface area contributed by atoms with Crippen LogP contribution < -0.4 is 15.8 Å². The minimum absolute atomic E-state index is 0.138. The Hall–Kier alpha value is -2.45. The summed E-state index contributed by atoms with van der Waals surface area (Å²) in [5.74, 6) is 0.268. The molecule has 9 heteroatoms. The zero-order valence-corrected chi connectivity index (χ0v) is 17.0. The van der Waals surface area contributed by atoms with Crippen molar-refractivity contribution >= 4 is 50.0 Å². The molecule has 0 radical (unpaired) electrons. The van der Waals surface area contributed by atoms with Gasteiger partial charge < -0.3 is 10.2 Å². The first-order chi connectivity index (χ1) is 13.5. The van der Waals surface area contributed by atoms with Crippen molar-refractivity contribution < 1.29 is 4.79 Å². The van der Waals surface area contributed by atoms with E-state index in [2.05, 4.69) is 27.1 Å². The zero-order valence-electron chi connectivity index (χ0n) is 15.4. The SMILES string of the molecule is C[C@H]1CCCN(c2nc3ncn(CC(=O)Nc4ccccc4Cl)c(=O)c3s2)C1. The van der Waals surface area contributed by atoms with Gasteiger partial charge >= 0.3 is 0 Å². The van der Waals surface area contributed by atoms with Crippen molar-refractivity contribution in [3.8, 4) is 0 Å². The summed E-state index contributed by atoms with van der Waals surface area (Å²) in [5.41, 5.74) is 0.689. The molecule has 3 heterocycles. The number of anilines is 2. The molecule has 1 aliphatic rings. The first kappa shape index (κ1) is 18.9. The van der Waals surface area contributed by atoms with Gasteiger partial charge in [-0.15, -0.1) is 0 Å². The number of thiazole rings is 1. The van der Waals surface area contributed by atoms with Gasteiger partial charge in [-0.25, -0.2) is 4.98 Å². The summed E-state index contributed by atoms with van der Waals surface area (Å²) < 4.78 is 1.77. The van der Waals surface area contributed by atoms with E-state index in [1.807, 2.05) is 0 Å². The number of carbonyl (C=O) groups is 1. The number of hydrogen-bond donors (Lipinski definition) is 1. The molecule has 0 unspecified atom stereocenters. The highest BCUT2D eigenvalue weighted by molar-refractivity contribution is 7.22. The molecule has 4 rings (SSSR count). The van der Waals surface area contributed by atoms with Crippen LogP contribution in [-0.4, -0.2) is 33.5 Å². The molecule has 3 aromatic rings. The molecule has 1 N–H and O–H groups in total. The average Bonchev–Trinajstić information content (AvgIpc) is 3.11. The van der Waals surface area contributed by atoms with E-state index in [0.717, 1.165) is 24.6 Å². The van der Waals surface area contributed by atoms with Crippen LogP contribution in [0, 0.1) is 5.92 Å². The smallest absolute Gasteiger partial charge is 0.273 e. The normalized spacial score (nSPS) is 17.1. The molecular weight excluding hydrogens is 398 g/mol. The summed E-state index contributed by atoms with van der Waals surface area (Å²) in [6, 6.07) is 6.96. The second-order valence-electron chi connectivity index (χ2n) is 7.05. The van der Waals surface area contributed by atoms with Gasteiger partial charge in [0.05, 0.1) is 10.7 Å². The van der Waals surface area contributed by atoms with E-state index in [4.69, 9.17) is 11.6 Å². The molecule has 146 valence electrons. The van der Waals surface area contributed by atoms with Gasteiger partial charge in [0, 0.05) is 13.1 Å².